The van der Waals surface area contributed by atoms with Gasteiger partial charge in [-0.05, 0) is 29.4 Å². The predicted molar refractivity (Wildman–Crippen MR) is 65.4 cm³/mol. The number of methoxy groups -OCH3 is 1. The summed E-state index contributed by atoms with van der Waals surface area (Å²) < 4.78 is 18.4. The van der Waals surface area contributed by atoms with E-state index in [-0.39, 0.29) is 11.2 Å². The Morgan fingerprint density at radius 3 is 2.38 bits per heavy atom. The Bertz CT molecular complexity index is 352. The first kappa shape index (κ1) is 13.0. The van der Waals surface area contributed by atoms with Gasteiger partial charge in [-0.15, -0.1) is 0 Å². The topological polar surface area (TPSA) is 9.23 Å². The maximum Gasteiger partial charge on any atom is 0.126 e. The molecule has 1 aromatic carbocycles. The molecule has 16 heavy (non-hydrogen) atoms. The fourth-order valence-corrected chi connectivity index (χ4v) is 2.27. The van der Waals surface area contributed by atoms with Crippen molar-refractivity contribution in [3.8, 4) is 5.75 Å². The van der Waals surface area contributed by atoms with Crippen LogP contribution in [0.1, 0.15) is 45.6 Å². The highest BCUT2D eigenvalue weighted by Crippen LogP contribution is 2.41. The van der Waals surface area contributed by atoms with Gasteiger partial charge in [0.1, 0.15) is 11.6 Å². The van der Waals surface area contributed by atoms with Crippen LogP contribution < -0.4 is 4.74 Å². The third-order valence-electron chi connectivity index (χ3n) is 3.02. The number of halogens is 1. The summed E-state index contributed by atoms with van der Waals surface area (Å²) in [7, 11) is 1.59. The first-order chi connectivity index (χ1) is 7.40. The second-order valence-electron chi connectivity index (χ2n) is 5.21. The molecule has 1 rings (SSSR count). The zero-order valence-corrected chi connectivity index (χ0v) is 10.8. The average Bonchev–Trinajstić information content (AvgIpc) is 2.19. The van der Waals surface area contributed by atoms with Crippen LogP contribution in [0, 0.1) is 11.2 Å². The normalized spacial score (nSPS) is 13.6. The molecule has 1 nitrogen and oxygen atoms in total. The van der Waals surface area contributed by atoms with Gasteiger partial charge in [0, 0.05) is 6.07 Å². The fourth-order valence-electron chi connectivity index (χ4n) is 2.27. The molecule has 0 fully saturated rings. The zero-order valence-electron chi connectivity index (χ0n) is 10.8. The van der Waals surface area contributed by atoms with Crippen molar-refractivity contribution in [2.75, 3.05) is 7.11 Å². The van der Waals surface area contributed by atoms with E-state index in [0.29, 0.717) is 11.7 Å². The molecule has 0 radical (unpaired) electrons. The van der Waals surface area contributed by atoms with Crippen molar-refractivity contribution >= 4 is 0 Å². The highest BCUT2D eigenvalue weighted by molar-refractivity contribution is 5.37. The molecule has 1 aromatic rings. The summed E-state index contributed by atoms with van der Waals surface area (Å²) in [6, 6.07) is 4.81. The zero-order chi connectivity index (χ0) is 12.3. The van der Waals surface area contributed by atoms with Crippen LogP contribution in [0.15, 0.2) is 18.2 Å². The van der Waals surface area contributed by atoms with Gasteiger partial charge < -0.3 is 4.74 Å². The van der Waals surface area contributed by atoms with Gasteiger partial charge in [-0.1, -0.05) is 33.8 Å². The number of hydrogen-bond acceptors (Lipinski definition) is 1. The van der Waals surface area contributed by atoms with E-state index in [1.807, 2.05) is 6.07 Å². The van der Waals surface area contributed by atoms with E-state index in [9.17, 15) is 4.39 Å². The van der Waals surface area contributed by atoms with Crippen molar-refractivity contribution in [2.24, 2.45) is 5.41 Å². The lowest BCUT2D eigenvalue weighted by Gasteiger charge is -2.31. The lowest BCUT2D eigenvalue weighted by Crippen LogP contribution is -2.18. The van der Waals surface area contributed by atoms with Crippen molar-refractivity contribution in [1.82, 2.24) is 0 Å². The largest absolute Gasteiger partial charge is 0.496 e. The first-order valence-corrected chi connectivity index (χ1v) is 5.73. The summed E-state index contributed by atoms with van der Waals surface area (Å²) in [6.45, 7) is 8.75. The molecule has 90 valence electrons. The van der Waals surface area contributed by atoms with Crippen LogP contribution in [-0.2, 0) is 0 Å². The third-order valence-corrected chi connectivity index (χ3v) is 3.02. The fraction of sp³-hybridized carbons (Fsp3) is 0.571. The molecule has 0 saturated heterocycles. The second kappa shape index (κ2) is 4.86. The van der Waals surface area contributed by atoms with Crippen LogP contribution in [0.2, 0.25) is 0 Å². The molecule has 1 unspecified atom stereocenters. The summed E-state index contributed by atoms with van der Waals surface area (Å²) in [5.41, 5.74) is 1.25. The van der Waals surface area contributed by atoms with Gasteiger partial charge in [-0.2, -0.15) is 0 Å². The van der Waals surface area contributed by atoms with Crippen LogP contribution in [0.25, 0.3) is 0 Å². The lowest BCUT2D eigenvalue weighted by molar-refractivity contribution is 0.300. The van der Waals surface area contributed by atoms with Crippen molar-refractivity contribution in [3.63, 3.8) is 0 Å². The molecule has 0 bridgehead atoms. The van der Waals surface area contributed by atoms with Crippen molar-refractivity contribution in [3.05, 3.63) is 29.6 Å². The standard InChI is InChI=1S/C14H21FO/c1-6-12(14(2,3)4)11-8-7-10(15)9-13(11)16-5/h7-9,12H,6H2,1-5H3. The summed E-state index contributed by atoms with van der Waals surface area (Å²) in [6.07, 6.45) is 1.02. The van der Waals surface area contributed by atoms with Gasteiger partial charge in [-0.25, -0.2) is 4.39 Å². The van der Waals surface area contributed by atoms with Gasteiger partial charge in [0.2, 0.25) is 0 Å². The first-order valence-electron chi connectivity index (χ1n) is 5.73. The number of hydrogen-bond donors (Lipinski definition) is 0. The minimum atomic E-state index is -0.246. The van der Waals surface area contributed by atoms with Crippen molar-refractivity contribution in [2.45, 2.75) is 40.0 Å². The molecule has 0 spiro atoms. The lowest BCUT2D eigenvalue weighted by atomic mass is 9.75. The molecular formula is C14H21FO. The molecule has 0 heterocycles. The van der Waals surface area contributed by atoms with Gasteiger partial charge in [-0.3, -0.25) is 0 Å². The van der Waals surface area contributed by atoms with Crippen LogP contribution in [-0.4, -0.2) is 7.11 Å². The number of benzene rings is 1. The quantitative estimate of drug-likeness (QED) is 0.740. The summed E-state index contributed by atoms with van der Waals surface area (Å²) in [5.74, 6) is 0.786. The molecule has 0 N–H and O–H groups in total. The minimum Gasteiger partial charge on any atom is -0.496 e. The molecule has 0 aromatic heterocycles. The Balaban J connectivity index is 3.20. The minimum absolute atomic E-state index is 0.153. The summed E-state index contributed by atoms with van der Waals surface area (Å²) in [4.78, 5) is 0. The molecule has 1 atom stereocenters. The van der Waals surface area contributed by atoms with Gasteiger partial charge >= 0.3 is 0 Å². The van der Waals surface area contributed by atoms with Gasteiger partial charge in [0.05, 0.1) is 7.11 Å². The molecule has 0 aliphatic carbocycles. The Labute approximate surface area is 97.6 Å². The Hall–Kier alpha value is -1.05. The summed E-state index contributed by atoms with van der Waals surface area (Å²) >= 11 is 0. The highest BCUT2D eigenvalue weighted by Gasteiger charge is 2.27. The maximum absolute atomic E-state index is 13.1. The van der Waals surface area contributed by atoms with E-state index in [1.54, 1.807) is 7.11 Å². The Morgan fingerprint density at radius 1 is 1.31 bits per heavy atom. The van der Waals surface area contributed by atoms with E-state index in [4.69, 9.17) is 4.74 Å². The highest BCUT2D eigenvalue weighted by atomic mass is 19.1. The average molecular weight is 224 g/mol. The number of ether oxygens (including phenoxy) is 1. The van der Waals surface area contributed by atoms with E-state index < -0.39 is 0 Å². The van der Waals surface area contributed by atoms with Crippen LogP contribution >= 0.6 is 0 Å². The Kier molecular flexibility index (Phi) is 3.95. The van der Waals surface area contributed by atoms with Crippen molar-refractivity contribution < 1.29 is 9.13 Å². The van der Waals surface area contributed by atoms with E-state index in [2.05, 4.69) is 27.7 Å². The van der Waals surface area contributed by atoms with E-state index in [0.717, 1.165) is 12.0 Å². The Morgan fingerprint density at radius 2 is 1.94 bits per heavy atom. The molecule has 2 heteroatoms. The van der Waals surface area contributed by atoms with Crippen LogP contribution in [0.3, 0.4) is 0 Å². The third kappa shape index (κ3) is 2.75. The molecule has 0 aliphatic rings. The predicted octanol–water partition coefficient (Wildman–Crippen LogP) is 4.37. The van der Waals surface area contributed by atoms with E-state index in [1.165, 1.54) is 12.1 Å². The van der Waals surface area contributed by atoms with Crippen molar-refractivity contribution in [1.29, 1.82) is 0 Å². The number of rotatable bonds is 3. The molecular weight excluding hydrogens is 203 g/mol. The van der Waals surface area contributed by atoms with Gasteiger partial charge in [0.25, 0.3) is 0 Å². The van der Waals surface area contributed by atoms with Gasteiger partial charge in [0.15, 0.2) is 0 Å². The summed E-state index contributed by atoms with van der Waals surface area (Å²) in [5, 5.41) is 0. The second-order valence-corrected chi connectivity index (χ2v) is 5.21. The van der Waals surface area contributed by atoms with E-state index >= 15 is 0 Å². The SMILES string of the molecule is CCC(c1ccc(F)cc1OC)C(C)(C)C. The molecule has 0 saturated carbocycles. The maximum atomic E-state index is 13.1. The molecule has 0 aliphatic heterocycles. The molecule has 0 amide bonds. The smallest absolute Gasteiger partial charge is 0.126 e. The van der Waals surface area contributed by atoms with Crippen LogP contribution in [0.5, 0.6) is 5.75 Å². The monoisotopic (exact) mass is 224 g/mol. The van der Waals surface area contributed by atoms with Crippen LogP contribution in [0.4, 0.5) is 4.39 Å².